The van der Waals surface area contributed by atoms with Crippen molar-refractivity contribution >= 4 is 40.3 Å². The average molecular weight is 569 g/mol. The smallest absolute Gasteiger partial charge is 0.265 e. The molecule has 1 fully saturated rings. The Bertz CT molecular complexity index is 1380. The van der Waals surface area contributed by atoms with Crippen LogP contribution in [0.4, 0.5) is 4.39 Å². The van der Waals surface area contributed by atoms with Gasteiger partial charge in [-0.15, -0.1) is 0 Å². The molecule has 1 saturated heterocycles. The van der Waals surface area contributed by atoms with E-state index < -0.39 is 0 Å². The number of amides is 1. The minimum Gasteiger partial charge on any atom is -0.489 e. The summed E-state index contributed by atoms with van der Waals surface area (Å²) in [5.41, 5.74) is 9.12. The van der Waals surface area contributed by atoms with Crippen LogP contribution >= 0.6 is 23.2 Å². The van der Waals surface area contributed by atoms with E-state index in [0.29, 0.717) is 22.0 Å². The Morgan fingerprint density at radius 3 is 2.59 bits per heavy atom. The molecule has 1 atom stereocenters. The van der Waals surface area contributed by atoms with Crippen LogP contribution in [0, 0.1) is 0 Å². The van der Waals surface area contributed by atoms with E-state index in [1.54, 1.807) is 12.1 Å². The van der Waals surface area contributed by atoms with Gasteiger partial charge in [-0.1, -0.05) is 47.5 Å². The fraction of sp³-hybridized carbons (Fsp3) is 0.323. The van der Waals surface area contributed by atoms with Gasteiger partial charge in [-0.2, -0.15) is 0 Å². The minimum atomic E-state index is -0.315. The Hall–Kier alpha value is -2.90. The fourth-order valence-corrected chi connectivity index (χ4v) is 6.14. The van der Waals surface area contributed by atoms with Gasteiger partial charge in [0, 0.05) is 35.2 Å². The number of hydrazine groups is 1. The van der Waals surface area contributed by atoms with E-state index in [4.69, 9.17) is 33.8 Å². The Labute approximate surface area is 238 Å². The molecule has 0 spiro atoms. The first-order valence-corrected chi connectivity index (χ1v) is 14.1. The summed E-state index contributed by atoms with van der Waals surface area (Å²) in [6, 6.07) is 19.5. The van der Waals surface area contributed by atoms with Gasteiger partial charge in [-0.3, -0.25) is 19.5 Å². The highest BCUT2D eigenvalue weighted by atomic mass is 35.5. The number of hydrogen-bond donors (Lipinski definition) is 2. The molecule has 1 aliphatic heterocycles. The molecule has 0 bridgehead atoms. The first-order chi connectivity index (χ1) is 19.0. The van der Waals surface area contributed by atoms with Crippen LogP contribution < -0.4 is 16.0 Å². The second-order valence-electron chi connectivity index (χ2n) is 10.1. The van der Waals surface area contributed by atoms with Gasteiger partial charge in [0.15, 0.2) is 0 Å². The maximum atomic E-state index is 12.5. The molecular weight excluding hydrogens is 536 g/mol. The largest absolute Gasteiger partial charge is 0.489 e. The van der Waals surface area contributed by atoms with E-state index in [-0.39, 0.29) is 18.7 Å². The van der Waals surface area contributed by atoms with Gasteiger partial charge >= 0.3 is 0 Å². The maximum absolute atomic E-state index is 12.5. The van der Waals surface area contributed by atoms with E-state index in [1.807, 2.05) is 36.4 Å². The lowest BCUT2D eigenvalue weighted by Gasteiger charge is -2.19. The summed E-state index contributed by atoms with van der Waals surface area (Å²) in [5.74, 6) is 5.89. The molecule has 5 nitrogen and oxygen atoms in total. The number of halogens is 3. The number of allylic oxidation sites excluding steroid dienone is 1. The first-order valence-electron chi connectivity index (χ1n) is 13.3. The number of hydrogen-bond acceptors (Lipinski definition) is 4. The second-order valence-corrected chi connectivity index (χ2v) is 10.9. The Kier molecular flexibility index (Phi) is 8.88. The minimum absolute atomic E-state index is 0.101. The topological polar surface area (TPSA) is 67.6 Å². The zero-order chi connectivity index (χ0) is 27.4. The molecule has 3 N–H and O–H groups in total. The normalized spacial score (nSPS) is 17.6. The maximum Gasteiger partial charge on any atom is 0.265 e. The van der Waals surface area contributed by atoms with Gasteiger partial charge in [-0.05, 0) is 102 Å². The third kappa shape index (κ3) is 6.30. The Morgan fingerprint density at radius 1 is 1.05 bits per heavy atom. The van der Waals surface area contributed by atoms with Gasteiger partial charge in [0.2, 0.25) is 0 Å². The molecule has 3 aromatic carbocycles. The van der Waals surface area contributed by atoms with E-state index in [9.17, 15) is 9.18 Å². The van der Waals surface area contributed by atoms with Crippen molar-refractivity contribution in [2.24, 2.45) is 5.84 Å². The van der Waals surface area contributed by atoms with Crippen LogP contribution in [0.3, 0.4) is 0 Å². The van der Waals surface area contributed by atoms with Gasteiger partial charge < -0.3 is 4.74 Å². The number of nitrogens with two attached hydrogens (primary N) is 1. The number of fused-ring (bicyclic) bond motifs is 1. The molecule has 0 unspecified atom stereocenters. The summed E-state index contributed by atoms with van der Waals surface area (Å²) in [5, 5.41) is 1.20. The van der Waals surface area contributed by atoms with Crippen LogP contribution in [0.15, 0.2) is 60.7 Å². The lowest BCUT2D eigenvalue weighted by atomic mass is 9.87. The van der Waals surface area contributed by atoms with Crippen LogP contribution in [0.5, 0.6) is 5.75 Å². The van der Waals surface area contributed by atoms with Crippen molar-refractivity contribution < 1.29 is 13.9 Å². The second kappa shape index (κ2) is 12.5. The molecule has 1 aliphatic carbocycles. The summed E-state index contributed by atoms with van der Waals surface area (Å²) < 4.78 is 18.8. The predicted molar refractivity (Wildman–Crippen MR) is 156 cm³/mol. The summed E-state index contributed by atoms with van der Waals surface area (Å²) in [6.07, 6.45) is 4.14. The Morgan fingerprint density at radius 2 is 1.85 bits per heavy atom. The highest BCUT2D eigenvalue weighted by Gasteiger charge is 2.25. The van der Waals surface area contributed by atoms with Crippen LogP contribution in [0.1, 0.15) is 58.3 Å². The number of ether oxygens (including phenoxy) is 1. The number of carbonyl (C=O) groups excluding carboxylic acids is 1. The molecule has 1 amide bonds. The van der Waals surface area contributed by atoms with Gasteiger partial charge in [0.1, 0.15) is 11.9 Å². The summed E-state index contributed by atoms with van der Waals surface area (Å²) in [4.78, 5) is 14.5. The summed E-state index contributed by atoms with van der Waals surface area (Å²) in [6.45, 7) is 2.24. The van der Waals surface area contributed by atoms with Crippen molar-refractivity contribution in [3.8, 4) is 5.75 Å². The lowest BCUT2D eigenvalue weighted by Crippen LogP contribution is -2.30. The van der Waals surface area contributed by atoms with Crippen molar-refractivity contribution in [2.75, 3.05) is 26.3 Å². The van der Waals surface area contributed by atoms with Crippen LogP contribution in [0.2, 0.25) is 10.0 Å². The monoisotopic (exact) mass is 567 g/mol. The Balaban J connectivity index is 1.51. The number of nitrogens with one attached hydrogen (secondary N) is 1. The number of alkyl halides is 1. The van der Waals surface area contributed by atoms with Crippen molar-refractivity contribution in [3.63, 3.8) is 0 Å². The molecule has 0 radical (unpaired) electrons. The highest BCUT2D eigenvalue weighted by Crippen LogP contribution is 2.42. The number of nitrogens with zero attached hydrogens (tertiary/aromatic N) is 1. The zero-order valence-electron chi connectivity index (χ0n) is 21.7. The average Bonchev–Trinajstić information content (AvgIpc) is 3.30. The molecule has 2 aliphatic rings. The molecular formula is C31H32Cl2FN3O2. The molecule has 39 heavy (non-hydrogen) atoms. The van der Waals surface area contributed by atoms with Crippen LogP contribution in [0.25, 0.3) is 11.1 Å². The number of rotatable bonds is 8. The van der Waals surface area contributed by atoms with Crippen molar-refractivity contribution in [1.82, 2.24) is 10.3 Å². The quantitative estimate of drug-likeness (QED) is 0.180. The van der Waals surface area contributed by atoms with Crippen molar-refractivity contribution in [3.05, 3.63) is 98.5 Å². The third-order valence-corrected chi connectivity index (χ3v) is 8.03. The van der Waals surface area contributed by atoms with Crippen molar-refractivity contribution in [2.45, 2.75) is 38.2 Å². The van der Waals surface area contributed by atoms with Crippen LogP contribution in [-0.2, 0) is 6.42 Å². The molecule has 204 valence electrons. The first kappa shape index (κ1) is 27.7. The summed E-state index contributed by atoms with van der Waals surface area (Å²) >= 11 is 12.9. The molecule has 0 saturated carbocycles. The van der Waals surface area contributed by atoms with Gasteiger partial charge in [0.05, 0.1) is 6.67 Å². The van der Waals surface area contributed by atoms with E-state index >= 15 is 0 Å². The van der Waals surface area contributed by atoms with Gasteiger partial charge in [0.25, 0.3) is 5.91 Å². The van der Waals surface area contributed by atoms with E-state index in [0.717, 1.165) is 84.5 Å². The number of likely N-dealkylation sites (tertiary alicyclic amines) is 1. The number of carbonyl (C=O) groups is 1. The van der Waals surface area contributed by atoms with Gasteiger partial charge in [-0.25, -0.2) is 5.84 Å². The molecule has 0 aromatic heterocycles. The fourth-order valence-electron chi connectivity index (χ4n) is 5.62. The predicted octanol–water partition coefficient (Wildman–Crippen LogP) is 6.71. The third-order valence-electron chi connectivity index (χ3n) is 7.48. The summed E-state index contributed by atoms with van der Waals surface area (Å²) in [7, 11) is 0. The lowest BCUT2D eigenvalue weighted by molar-refractivity contribution is 0.0953. The molecule has 3 aromatic rings. The number of aryl methyl sites for hydroxylation is 1. The van der Waals surface area contributed by atoms with Crippen molar-refractivity contribution in [1.29, 1.82) is 0 Å². The van der Waals surface area contributed by atoms with Crippen LogP contribution in [-0.4, -0.2) is 43.2 Å². The number of benzene rings is 3. The van der Waals surface area contributed by atoms with E-state index in [1.165, 1.54) is 0 Å². The molecule has 1 heterocycles. The SMILES string of the molecule is NNC(=O)c1ccc2c(c1)CCCC(c1ccc(Cl)cc1Cl)=C2c1ccc(O[C@H]2CCN(CCCF)C2)cc1. The standard InChI is InChI=1S/C31H32Cl2FN3O2/c32-23-8-12-27(29(33)18-23)28-4-1-3-21-17-22(31(38)36-35)7-11-26(21)30(28)20-5-9-24(10-6-20)39-25-13-16-37(19-25)15-2-14-34/h5-12,17-18,25H,1-4,13-16,19,35H2,(H,36,38)/t25-/m0/s1. The number of nitrogen functional groups attached to an aromatic ring is 1. The highest BCUT2D eigenvalue weighted by molar-refractivity contribution is 6.36. The molecule has 5 rings (SSSR count). The zero-order valence-corrected chi connectivity index (χ0v) is 23.2. The molecule has 8 heteroatoms. The van der Waals surface area contributed by atoms with E-state index in [2.05, 4.69) is 22.5 Å².